The molecule has 2 aliphatic rings. The summed E-state index contributed by atoms with van der Waals surface area (Å²) in [6.07, 6.45) is 0. The predicted molar refractivity (Wildman–Crippen MR) is 119 cm³/mol. The van der Waals surface area contributed by atoms with Gasteiger partial charge in [-0.15, -0.1) is 0 Å². The molecule has 32 heavy (non-hydrogen) atoms. The minimum atomic E-state index is -0.304. The Bertz CT molecular complexity index is 1140. The molecule has 2 aliphatic heterocycles. The zero-order valence-electron chi connectivity index (χ0n) is 17.4. The Kier molecular flexibility index (Phi) is 5.16. The molecule has 0 saturated carbocycles. The van der Waals surface area contributed by atoms with Gasteiger partial charge in [-0.1, -0.05) is 48.5 Å². The highest BCUT2D eigenvalue weighted by Crippen LogP contribution is 2.33. The van der Waals surface area contributed by atoms with Gasteiger partial charge in [0, 0.05) is 62.5 Å². The number of fused-ring (bicyclic) bond motifs is 2. The summed E-state index contributed by atoms with van der Waals surface area (Å²) in [6.45, 7) is 3.97. The van der Waals surface area contributed by atoms with Crippen LogP contribution in [-0.2, 0) is 39.3 Å². The summed E-state index contributed by atoms with van der Waals surface area (Å²) in [7, 11) is 0. The summed E-state index contributed by atoms with van der Waals surface area (Å²) in [6, 6.07) is 18.9. The highest BCUT2D eigenvalue weighted by molar-refractivity contribution is 5.48. The van der Waals surface area contributed by atoms with Gasteiger partial charge in [-0.05, 0) is 22.3 Å². The van der Waals surface area contributed by atoms with Crippen molar-refractivity contribution in [3.05, 3.63) is 114 Å². The van der Waals surface area contributed by atoms with Crippen molar-refractivity contribution >= 4 is 11.4 Å². The van der Waals surface area contributed by atoms with E-state index >= 15 is 0 Å². The summed E-state index contributed by atoms with van der Waals surface area (Å²) < 4.78 is 0. The summed E-state index contributed by atoms with van der Waals surface area (Å²) in [5, 5.41) is 22.6. The lowest BCUT2D eigenvalue weighted by Gasteiger charge is -2.18. The first-order chi connectivity index (χ1) is 15.5. The quantitative estimate of drug-likeness (QED) is 0.421. The van der Waals surface area contributed by atoms with E-state index in [-0.39, 0.29) is 21.2 Å². The summed E-state index contributed by atoms with van der Waals surface area (Å²) in [5.74, 6) is 0. The largest absolute Gasteiger partial charge is 0.290 e. The van der Waals surface area contributed by atoms with Crippen LogP contribution in [0.3, 0.4) is 0 Å². The monoisotopic (exact) mass is 430 g/mol. The Morgan fingerprint density at radius 3 is 1.53 bits per heavy atom. The molecule has 0 atom stereocenters. The highest BCUT2D eigenvalue weighted by atomic mass is 16.6. The molecule has 3 aromatic carbocycles. The third-order valence-electron chi connectivity index (χ3n) is 6.25. The maximum absolute atomic E-state index is 11.3. The first kappa shape index (κ1) is 20.3. The van der Waals surface area contributed by atoms with Crippen LogP contribution in [0.25, 0.3) is 0 Å². The molecule has 2 heterocycles. The molecule has 0 bridgehead atoms. The second-order valence-corrected chi connectivity index (χ2v) is 8.45. The van der Waals surface area contributed by atoms with Crippen LogP contribution in [0.1, 0.15) is 33.4 Å². The molecule has 0 spiro atoms. The van der Waals surface area contributed by atoms with Crippen molar-refractivity contribution in [1.82, 2.24) is 9.80 Å². The molecule has 3 aromatic rings. The maximum Gasteiger partial charge on any atom is 0.274 e. The van der Waals surface area contributed by atoms with Gasteiger partial charge in [0.1, 0.15) is 0 Å². The fourth-order valence-corrected chi connectivity index (χ4v) is 4.85. The van der Waals surface area contributed by atoms with Crippen LogP contribution in [0.15, 0.2) is 60.7 Å². The number of nitro groups is 2. The molecule has 162 valence electrons. The van der Waals surface area contributed by atoms with Gasteiger partial charge in [-0.25, -0.2) is 0 Å². The average molecular weight is 430 g/mol. The number of rotatable bonds is 6. The molecule has 0 aromatic heterocycles. The SMILES string of the molecule is O=[N+]([O-])c1cccc2c1CN(Cc1cccc(CN3Cc4cccc([N+](=O)[O-])c4C3)c1)C2. The molecule has 0 N–H and O–H groups in total. The number of benzene rings is 3. The van der Waals surface area contributed by atoms with Crippen LogP contribution in [0.5, 0.6) is 0 Å². The van der Waals surface area contributed by atoms with Gasteiger partial charge in [-0.3, -0.25) is 30.0 Å². The Morgan fingerprint density at radius 1 is 0.656 bits per heavy atom. The summed E-state index contributed by atoms with van der Waals surface area (Å²) in [4.78, 5) is 26.5. The van der Waals surface area contributed by atoms with Gasteiger partial charge in [0.25, 0.3) is 11.4 Å². The van der Waals surface area contributed by atoms with Crippen molar-refractivity contribution in [3.8, 4) is 0 Å². The van der Waals surface area contributed by atoms with Gasteiger partial charge in [0.2, 0.25) is 0 Å². The number of nitrogens with zero attached hydrogens (tertiary/aromatic N) is 4. The van der Waals surface area contributed by atoms with E-state index in [0.717, 1.165) is 33.4 Å². The number of hydrogen-bond acceptors (Lipinski definition) is 6. The molecule has 0 aliphatic carbocycles. The zero-order chi connectivity index (χ0) is 22.2. The minimum absolute atomic E-state index is 0.196. The van der Waals surface area contributed by atoms with Crippen molar-refractivity contribution < 1.29 is 9.85 Å². The van der Waals surface area contributed by atoms with Crippen molar-refractivity contribution in [3.63, 3.8) is 0 Å². The van der Waals surface area contributed by atoms with E-state index in [1.54, 1.807) is 24.3 Å². The van der Waals surface area contributed by atoms with Crippen LogP contribution in [0, 0.1) is 20.2 Å². The molecule has 0 fully saturated rings. The molecule has 0 radical (unpaired) electrons. The molecular weight excluding hydrogens is 408 g/mol. The number of nitro benzene ring substituents is 2. The van der Waals surface area contributed by atoms with E-state index in [2.05, 4.69) is 28.0 Å². The Morgan fingerprint density at radius 2 is 1.09 bits per heavy atom. The van der Waals surface area contributed by atoms with Crippen molar-refractivity contribution in [2.24, 2.45) is 0 Å². The lowest BCUT2D eigenvalue weighted by molar-refractivity contribution is -0.385. The molecule has 5 rings (SSSR count). The Hall–Kier alpha value is -3.62. The first-order valence-electron chi connectivity index (χ1n) is 10.5. The third kappa shape index (κ3) is 3.86. The van der Waals surface area contributed by atoms with Crippen LogP contribution < -0.4 is 0 Å². The van der Waals surface area contributed by atoms with Crippen LogP contribution >= 0.6 is 0 Å². The van der Waals surface area contributed by atoms with Gasteiger partial charge < -0.3 is 0 Å². The van der Waals surface area contributed by atoms with Crippen molar-refractivity contribution in [2.45, 2.75) is 39.3 Å². The molecule has 8 heteroatoms. The van der Waals surface area contributed by atoms with E-state index < -0.39 is 0 Å². The normalized spacial score (nSPS) is 15.5. The summed E-state index contributed by atoms with van der Waals surface area (Å²) >= 11 is 0. The molecule has 0 unspecified atom stereocenters. The van der Waals surface area contributed by atoms with E-state index in [4.69, 9.17) is 0 Å². The number of hydrogen-bond donors (Lipinski definition) is 0. The predicted octanol–water partition coefficient (Wildman–Crippen LogP) is 4.53. The second-order valence-electron chi connectivity index (χ2n) is 8.45. The summed E-state index contributed by atoms with van der Waals surface area (Å²) in [5.41, 5.74) is 6.36. The average Bonchev–Trinajstić information content (AvgIpc) is 3.35. The lowest BCUT2D eigenvalue weighted by atomic mass is 10.1. The minimum Gasteiger partial charge on any atom is -0.290 e. The Labute approximate surface area is 185 Å². The van der Waals surface area contributed by atoms with Crippen molar-refractivity contribution in [2.75, 3.05) is 0 Å². The third-order valence-corrected chi connectivity index (χ3v) is 6.25. The van der Waals surface area contributed by atoms with Gasteiger partial charge in [0.05, 0.1) is 9.85 Å². The van der Waals surface area contributed by atoms with Crippen LogP contribution in [-0.4, -0.2) is 19.6 Å². The molecule has 8 nitrogen and oxygen atoms in total. The van der Waals surface area contributed by atoms with Gasteiger partial charge in [-0.2, -0.15) is 0 Å². The van der Waals surface area contributed by atoms with Gasteiger partial charge in [0.15, 0.2) is 0 Å². The molecular formula is C24H22N4O4. The maximum atomic E-state index is 11.3. The van der Waals surface area contributed by atoms with Gasteiger partial charge >= 0.3 is 0 Å². The fraction of sp³-hybridized carbons (Fsp3) is 0.250. The van der Waals surface area contributed by atoms with Crippen molar-refractivity contribution in [1.29, 1.82) is 0 Å². The van der Waals surface area contributed by atoms with Crippen LogP contribution in [0.4, 0.5) is 11.4 Å². The standard InChI is InChI=1S/C24H22N4O4/c29-27(30)23-8-2-6-19-13-25(15-21(19)23)11-17-4-1-5-18(10-17)12-26-14-20-7-3-9-24(28(31)32)22(20)16-26/h1-10H,11-16H2. The fourth-order valence-electron chi connectivity index (χ4n) is 4.85. The Balaban J connectivity index is 1.26. The highest BCUT2D eigenvalue weighted by Gasteiger charge is 2.28. The molecule has 0 amide bonds. The van der Waals surface area contributed by atoms with E-state index in [9.17, 15) is 20.2 Å². The topological polar surface area (TPSA) is 92.8 Å². The van der Waals surface area contributed by atoms with E-state index in [1.165, 1.54) is 0 Å². The second kappa shape index (κ2) is 8.14. The molecule has 0 saturated heterocycles. The van der Waals surface area contributed by atoms with E-state index in [0.29, 0.717) is 39.3 Å². The lowest BCUT2D eigenvalue weighted by Crippen LogP contribution is -2.17. The first-order valence-corrected chi connectivity index (χ1v) is 10.5. The smallest absolute Gasteiger partial charge is 0.274 e. The zero-order valence-corrected chi connectivity index (χ0v) is 17.4. The van der Waals surface area contributed by atoms with Crippen LogP contribution in [0.2, 0.25) is 0 Å². The van der Waals surface area contributed by atoms with E-state index in [1.807, 2.05) is 18.2 Å².